The predicted molar refractivity (Wildman–Crippen MR) is 57.4 cm³/mol. The summed E-state index contributed by atoms with van der Waals surface area (Å²) in [4.78, 5) is 28.6. The zero-order valence-corrected chi connectivity index (χ0v) is 10.1. The summed E-state index contributed by atoms with van der Waals surface area (Å²) >= 11 is 0. The van der Waals surface area contributed by atoms with Crippen LogP contribution < -0.4 is 0 Å². The van der Waals surface area contributed by atoms with E-state index in [0.29, 0.717) is 0 Å². The predicted octanol–water partition coefficient (Wildman–Crippen LogP) is 1.38. The fraction of sp³-hybridized carbons (Fsp3) is 0.375. The standard InChI is InChI=1S/C8H11N3O4Si/c1-16(2,3)15-8(12)7-6(11(13)14)4-9-5-10-7/h4-5H,1-3H3. The Balaban J connectivity index is 3.04. The first-order valence-electron chi connectivity index (χ1n) is 4.49. The van der Waals surface area contributed by atoms with Gasteiger partial charge in [0.1, 0.15) is 12.5 Å². The largest absolute Gasteiger partial charge is 0.515 e. The van der Waals surface area contributed by atoms with E-state index in [-0.39, 0.29) is 5.69 Å². The van der Waals surface area contributed by atoms with Crippen LogP contribution in [0.1, 0.15) is 10.5 Å². The van der Waals surface area contributed by atoms with Crippen LogP contribution in [0.2, 0.25) is 19.6 Å². The molecule has 0 bridgehead atoms. The van der Waals surface area contributed by atoms with Crippen LogP contribution in [0.15, 0.2) is 12.5 Å². The lowest BCUT2D eigenvalue weighted by atomic mass is 10.3. The molecule has 0 spiro atoms. The zero-order valence-electron chi connectivity index (χ0n) is 9.13. The summed E-state index contributed by atoms with van der Waals surface area (Å²) in [7, 11) is -2.09. The van der Waals surface area contributed by atoms with Gasteiger partial charge in [0.05, 0.1) is 4.92 Å². The molecule has 0 N–H and O–H groups in total. The van der Waals surface area contributed by atoms with Crippen molar-refractivity contribution in [3.8, 4) is 0 Å². The van der Waals surface area contributed by atoms with E-state index in [9.17, 15) is 14.9 Å². The van der Waals surface area contributed by atoms with Crippen molar-refractivity contribution in [3.05, 3.63) is 28.3 Å². The molecule has 0 aliphatic heterocycles. The molecule has 16 heavy (non-hydrogen) atoms. The van der Waals surface area contributed by atoms with E-state index in [2.05, 4.69) is 9.97 Å². The van der Waals surface area contributed by atoms with Gasteiger partial charge < -0.3 is 4.43 Å². The van der Waals surface area contributed by atoms with Crippen LogP contribution in [0.3, 0.4) is 0 Å². The Labute approximate surface area is 92.8 Å². The molecule has 7 nitrogen and oxygen atoms in total. The van der Waals surface area contributed by atoms with Crippen molar-refractivity contribution < 1.29 is 14.1 Å². The average molecular weight is 241 g/mol. The molecule has 0 saturated carbocycles. The molecule has 0 radical (unpaired) electrons. The second kappa shape index (κ2) is 4.35. The molecule has 0 fully saturated rings. The van der Waals surface area contributed by atoms with E-state index in [4.69, 9.17) is 4.43 Å². The van der Waals surface area contributed by atoms with Crippen LogP contribution in [-0.2, 0) is 4.43 Å². The molecule has 0 aromatic carbocycles. The fourth-order valence-corrected chi connectivity index (χ4v) is 1.59. The SMILES string of the molecule is C[Si](C)(C)OC(=O)c1ncncc1[N+](=O)[O-]. The zero-order chi connectivity index (χ0) is 12.3. The molecular weight excluding hydrogens is 230 g/mol. The molecule has 8 heteroatoms. The molecule has 0 amide bonds. The van der Waals surface area contributed by atoms with Crippen molar-refractivity contribution in [2.45, 2.75) is 19.6 Å². The molecule has 0 aliphatic rings. The number of carbonyl (C=O) groups excluding carboxylic acids is 1. The van der Waals surface area contributed by atoms with Crippen molar-refractivity contribution in [1.82, 2.24) is 9.97 Å². The monoisotopic (exact) mass is 241 g/mol. The Morgan fingerprint density at radius 3 is 2.62 bits per heavy atom. The third-order valence-corrected chi connectivity index (χ3v) is 2.28. The van der Waals surface area contributed by atoms with Crippen molar-refractivity contribution in [1.29, 1.82) is 0 Å². The summed E-state index contributed by atoms with van der Waals surface area (Å²) < 4.78 is 5.12. The van der Waals surface area contributed by atoms with Crippen molar-refractivity contribution in [2.24, 2.45) is 0 Å². The molecule has 0 unspecified atom stereocenters. The van der Waals surface area contributed by atoms with Gasteiger partial charge in [0, 0.05) is 0 Å². The number of hydrogen-bond acceptors (Lipinski definition) is 6. The average Bonchev–Trinajstić information content (AvgIpc) is 2.15. The van der Waals surface area contributed by atoms with Gasteiger partial charge in [-0.1, -0.05) is 0 Å². The molecule has 86 valence electrons. The van der Waals surface area contributed by atoms with E-state index in [0.717, 1.165) is 12.5 Å². The van der Waals surface area contributed by atoms with E-state index in [1.54, 1.807) is 19.6 Å². The van der Waals surface area contributed by atoms with Gasteiger partial charge in [-0.3, -0.25) is 10.1 Å². The van der Waals surface area contributed by atoms with Crippen LogP contribution in [0.4, 0.5) is 5.69 Å². The first kappa shape index (κ1) is 12.2. The lowest BCUT2D eigenvalue weighted by molar-refractivity contribution is -0.385. The molecule has 1 aromatic rings. The van der Waals surface area contributed by atoms with Gasteiger partial charge in [0.2, 0.25) is 14.0 Å². The minimum Gasteiger partial charge on any atom is -0.515 e. The van der Waals surface area contributed by atoms with E-state index >= 15 is 0 Å². The molecular formula is C8H11N3O4Si. The topological polar surface area (TPSA) is 95.2 Å². The summed E-state index contributed by atoms with van der Waals surface area (Å²) in [6.07, 6.45) is 2.06. The lowest BCUT2D eigenvalue weighted by Crippen LogP contribution is -2.30. The highest BCUT2D eigenvalue weighted by Gasteiger charge is 2.28. The molecule has 0 saturated heterocycles. The molecule has 1 aromatic heterocycles. The van der Waals surface area contributed by atoms with Gasteiger partial charge in [0.15, 0.2) is 0 Å². The van der Waals surface area contributed by atoms with E-state index < -0.39 is 24.9 Å². The Bertz CT molecular complexity index is 430. The smallest absolute Gasteiger partial charge is 0.350 e. The Morgan fingerprint density at radius 2 is 2.12 bits per heavy atom. The van der Waals surface area contributed by atoms with E-state index in [1.807, 2.05) is 0 Å². The number of aromatic nitrogens is 2. The first-order valence-corrected chi connectivity index (χ1v) is 7.90. The first-order chi connectivity index (χ1) is 7.31. The number of hydrogen-bond donors (Lipinski definition) is 0. The maximum atomic E-state index is 11.6. The van der Waals surface area contributed by atoms with Crippen LogP contribution in [-0.4, -0.2) is 29.2 Å². The molecule has 1 heterocycles. The summed E-state index contributed by atoms with van der Waals surface area (Å²) in [5.41, 5.74) is -0.742. The second-order valence-corrected chi connectivity index (χ2v) is 8.44. The summed E-state index contributed by atoms with van der Waals surface area (Å²) in [5, 5.41) is 10.6. The Kier molecular flexibility index (Phi) is 3.33. The van der Waals surface area contributed by atoms with Crippen molar-refractivity contribution in [3.63, 3.8) is 0 Å². The quantitative estimate of drug-likeness (QED) is 0.450. The second-order valence-electron chi connectivity index (χ2n) is 4.02. The molecule has 0 aliphatic carbocycles. The highest BCUT2D eigenvalue weighted by atomic mass is 28.4. The summed E-state index contributed by atoms with van der Waals surface area (Å²) in [6.45, 7) is 5.41. The lowest BCUT2D eigenvalue weighted by Gasteiger charge is -2.16. The van der Waals surface area contributed by atoms with Crippen molar-refractivity contribution in [2.75, 3.05) is 0 Å². The van der Waals surface area contributed by atoms with Crippen LogP contribution in [0, 0.1) is 10.1 Å². The minimum atomic E-state index is -2.09. The highest BCUT2D eigenvalue weighted by molar-refractivity contribution is 6.71. The van der Waals surface area contributed by atoms with Gasteiger partial charge in [-0.15, -0.1) is 0 Å². The van der Waals surface area contributed by atoms with Gasteiger partial charge in [0.25, 0.3) is 0 Å². The number of rotatable bonds is 3. The van der Waals surface area contributed by atoms with E-state index in [1.165, 1.54) is 0 Å². The van der Waals surface area contributed by atoms with Crippen LogP contribution in [0.5, 0.6) is 0 Å². The Morgan fingerprint density at radius 1 is 1.50 bits per heavy atom. The van der Waals surface area contributed by atoms with Crippen molar-refractivity contribution >= 4 is 20.0 Å². The number of nitro groups is 1. The highest BCUT2D eigenvalue weighted by Crippen LogP contribution is 2.16. The Hall–Kier alpha value is -1.83. The third kappa shape index (κ3) is 3.09. The van der Waals surface area contributed by atoms with Gasteiger partial charge in [-0.2, -0.15) is 0 Å². The normalized spacial score (nSPS) is 10.9. The summed E-state index contributed by atoms with van der Waals surface area (Å²) in [6, 6.07) is 0. The molecule has 0 atom stereocenters. The fourth-order valence-electron chi connectivity index (χ4n) is 0.940. The van der Waals surface area contributed by atoms with Gasteiger partial charge >= 0.3 is 11.7 Å². The molecule has 1 rings (SSSR count). The maximum Gasteiger partial charge on any atom is 0.350 e. The van der Waals surface area contributed by atoms with Gasteiger partial charge in [-0.25, -0.2) is 14.8 Å². The number of nitrogens with zero attached hydrogens (tertiary/aromatic N) is 3. The third-order valence-electron chi connectivity index (χ3n) is 1.48. The number of carbonyl (C=O) groups is 1. The maximum absolute atomic E-state index is 11.6. The van der Waals surface area contributed by atoms with Crippen LogP contribution in [0.25, 0.3) is 0 Å². The van der Waals surface area contributed by atoms with Gasteiger partial charge in [-0.05, 0) is 19.6 Å². The van der Waals surface area contributed by atoms with Crippen LogP contribution >= 0.6 is 0 Å². The summed E-state index contributed by atoms with van der Waals surface area (Å²) in [5.74, 6) is -0.770. The minimum absolute atomic E-state index is 0.303.